The Labute approximate surface area is 132 Å². The highest BCUT2D eigenvalue weighted by atomic mass is 32.1. The van der Waals surface area contributed by atoms with Crippen molar-refractivity contribution in [2.75, 3.05) is 18.4 Å². The smallest absolute Gasteiger partial charge is 0.236 e. The molecule has 3 heterocycles. The van der Waals surface area contributed by atoms with Gasteiger partial charge in [0.15, 0.2) is 5.13 Å². The van der Waals surface area contributed by atoms with Crippen molar-refractivity contribution in [1.82, 2.24) is 19.9 Å². The van der Waals surface area contributed by atoms with E-state index in [9.17, 15) is 4.79 Å². The number of hydrogen-bond donors (Lipinski definition) is 2. The van der Waals surface area contributed by atoms with Gasteiger partial charge < -0.3 is 16.0 Å². The zero-order chi connectivity index (χ0) is 15.5. The van der Waals surface area contributed by atoms with Gasteiger partial charge in [0.05, 0.1) is 18.3 Å². The van der Waals surface area contributed by atoms with Crippen LogP contribution in [0.5, 0.6) is 0 Å². The molecule has 1 atom stereocenters. The third-order valence-corrected chi connectivity index (χ3v) is 4.30. The molecule has 22 heavy (non-hydrogen) atoms. The third kappa shape index (κ3) is 3.07. The molecule has 3 rings (SSSR count). The number of thiazole rings is 1. The Morgan fingerprint density at radius 3 is 3.14 bits per heavy atom. The number of rotatable bonds is 4. The Bertz CT molecular complexity index is 659. The molecule has 2 aromatic heterocycles. The molecule has 1 saturated heterocycles. The van der Waals surface area contributed by atoms with Crippen LogP contribution in [0, 0.1) is 6.92 Å². The number of likely N-dealkylation sites (tertiary alicyclic amines) is 1. The van der Waals surface area contributed by atoms with E-state index in [1.165, 1.54) is 11.3 Å². The highest BCUT2D eigenvalue weighted by Gasteiger charge is 2.30. The largest absolute Gasteiger partial charge is 0.333 e. The highest BCUT2D eigenvalue weighted by molar-refractivity contribution is 7.13. The van der Waals surface area contributed by atoms with E-state index in [-0.39, 0.29) is 18.5 Å². The summed E-state index contributed by atoms with van der Waals surface area (Å²) < 4.78 is 0. The summed E-state index contributed by atoms with van der Waals surface area (Å²) >= 11 is 1.51. The van der Waals surface area contributed by atoms with Crippen LogP contribution >= 0.6 is 11.3 Å². The van der Waals surface area contributed by atoms with E-state index in [0.717, 1.165) is 30.2 Å². The fraction of sp³-hybridized carbons (Fsp3) is 0.429. The van der Waals surface area contributed by atoms with Crippen molar-refractivity contribution in [3.63, 3.8) is 0 Å². The molecular formula is C14H18N6OS. The summed E-state index contributed by atoms with van der Waals surface area (Å²) in [4.78, 5) is 26.9. The predicted octanol–water partition coefficient (Wildman–Crippen LogP) is 1.61. The van der Waals surface area contributed by atoms with Gasteiger partial charge in [0.1, 0.15) is 11.6 Å². The number of aryl methyl sites for hydroxylation is 1. The van der Waals surface area contributed by atoms with Crippen LogP contribution in [0.1, 0.15) is 30.4 Å². The van der Waals surface area contributed by atoms with Crippen molar-refractivity contribution in [3.05, 3.63) is 29.2 Å². The molecule has 1 aliphatic heterocycles. The highest BCUT2D eigenvalue weighted by Crippen LogP contribution is 2.32. The quantitative estimate of drug-likeness (QED) is 0.889. The van der Waals surface area contributed by atoms with Crippen molar-refractivity contribution in [1.29, 1.82) is 0 Å². The van der Waals surface area contributed by atoms with Crippen molar-refractivity contribution in [2.45, 2.75) is 25.8 Å². The second-order valence-corrected chi connectivity index (χ2v) is 6.03. The minimum absolute atomic E-state index is 0.0189. The first-order valence-electron chi connectivity index (χ1n) is 7.19. The minimum atomic E-state index is -0.0341. The van der Waals surface area contributed by atoms with Crippen molar-refractivity contribution in [2.24, 2.45) is 5.73 Å². The average molecular weight is 318 g/mol. The monoisotopic (exact) mass is 318 g/mol. The standard InChI is InChI=1S/C14H18N6OS/c1-9-17-10(11-3-2-5-20(11)13(21)8-15)7-12(18-9)19-14-16-4-6-22-14/h4,6-7,11H,2-3,5,8,15H2,1H3,(H,16,17,18,19)/t11-/m1/s1. The van der Waals surface area contributed by atoms with E-state index in [2.05, 4.69) is 20.3 Å². The summed E-state index contributed by atoms with van der Waals surface area (Å²) in [6, 6.07) is 1.87. The fourth-order valence-electron chi connectivity index (χ4n) is 2.71. The van der Waals surface area contributed by atoms with Crippen molar-refractivity contribution < 1.29 is 4.79 Å². The molecule has 0 aliphatic carbocycles. The molecule has 0 bridgehead atoms. The average Bonchev–Trinajstić information content (AvgIpc) is 3.16. The number of aromatic nitrogens is 3. The number of nitrogens with zero attached hydrogens (tertiary/aromatic N) is 4. The summed E-state index contributed by atoms with van der Waals surface area (Å²) in [5, 5.41) is 5.86. The first kappa shape index (κ1) is 14.9. The second-order valence-electron chi connectivity index (χ2n) is 5.14. The number of carbonyl (C=O) groups is 1. The maximum absolute atomic E-state index is 12.0. The molecule has 1 fully saturated rings. The Balaban J connectivity index is 1.87. The first-order chi connectivity index (χ1) is 10.7. The molecule has 1 amide bonds. The summed E-state index contributed by atoms with van der Waals surface area (Å²) in [6.07, 6.45) is 3.61. The zero-order valence-corrected chi connectivity index (χ0v) is 13.1. The van der Waals surface area contributed by atoms with Gasteiger partial charge in [-0.25, -0.2) is 15.0 Å². The van der Waals surface area contributed by atoms with E-state index in [1.54, 1.807) is 6.20 Å². The van der Waals surface area contributed by atoms with Crippen LogP contribution in [0.15, 0.2) is 17.6 Å². The van der Waals surface area contributed by atoms with Crippen LogP contribution in [0.3, 0.4) is 0 Å². The van der Waals surface area contributed by atoms with E-state index in [1.807, 2.05) is 23.3 Å². The van der Waals surface area contributed by atoms with Gasteiger partial charge in [-0.1, -0.05) is 0 Å². The minimum Gasteiger partial charge on any atom is -0.333 e. The first-order valence-corrected chi connectivity index (χ1v) is 8.07. The van der Waals surface area contributed by atoms with E-state index in [0.29, 0.717) is 11.6 Å². The summed E-state index contributed by atoms with van der Waals surface area (Å²) in [7, 11) is 0. The van der Waals surface area contributed by atoms with Gasteiger partial charge >= 0.3 is 0 Å². The molecule has 0 aromatic carbocycles. The van der Waals surface area contributed by atoms with Gasteiger partial charge in [0.25, 0.3) is 0 Å². The molecule has 8 heteroatoms. The lowest BCUT2D eigenvalue weighted by Crippen LogP contribution is -2.35. The normalized spacial score (nSPS) is 17.7. The lowest BCUT2D eigenvalue weighted by atomic mass is 10.1. The van der Waals surface area contributed by atoms with Crippen molar-refractivity contribution >= 4 is 28.2 Å². The summed E-state index contributed by atoms with van der Waals surface area (Å²) in [6.45, 7) is 2.62. The van der Waals surface area contributed by atoms with Gasteiger partial charge in [-0.3, -0.25) is 4.79 Å². The number of carbonyl (C=O) groups excluding carboxylic acids is 1. The Morgan fingerprint density at radius 2 is 2.41 bits per heavy atom. The molecule has 2 aromatic rings. The molecule has 7 nitrogen and oxygen atoms in total. The van der Waals surface area contributed by atoms with Gasteiger partial charge in [0, 0.05) is 24.2 Å². The maximum Gasteiger partial charge on any atom is 0.236 e. The Kier molecular flexibility index (Phi) is 4.30. The fourth-order valence-corrected chi connectivity index (χ4v) is 3.25. The number of anilines is 2. The van der Waals surface area contributed by atoms with E-state index in [4.69, 9.17) is 5.73 Å². The molecule has 0 saturated carbocycles. The topological polar surface area (TPSA) is 97.0 Å². The zero-order valence-electron chi connectivity index (χ0n) is 12.3. The predicted molar refractivity (Wildman–Crippen MR) is 84.9 cm³/mol. The van der Waals surface area contributed by atoms with E-state index < -0.39 is 0 Å². The van der Waals surface area contributed by atoms with Gasteiger partial charge in [-0.05, 0) is 19.8 Å². The molecular weight excluding hydrogens is 300 g/mol. The SMILES string of the molecule is Cc1nc(Nc2nccs2)cc([C@H]2CCCN2C(=O)CN)n1. The second kappa shape index (κ2) is 6.37. The van der Waals surface area contributed by atoms with Crippen LogP contribution in [0.25, 0.3) is 0 Å². The number of nitrogens with two attached hydrogens (primary N) is 1. The van der Waals surface area contributed by atoms with Crippen LogP contribution in [-0.4, -0.2) is 38.8 Å². The summed E-state index contributed by atoms with van der Waals surface area (Å²) in [5.41, 5.74) is 6.35. The van der Waals surface area contributed by atoms with Crippen LogP contribution in [0.2, 0.25) is 0 Å². The molecule has 0 radical (unpaired) electrons. The summed E-state index contributed by atoms with van der Waals surface area (Å²) in [5.74, 6) is 1.33. The molecule has 1 aliphatic rings. The lowest BCUT2D eigenvalue weighted by molar-refractivity contribution is -0.130. The number of amides is 1. The maximum atomic E-state index is 12.0. The lowest BCUT2D eigenvalue weighted by Gasteiger charge is -2.24. The van der Waals surface area contributed by atoms with Crippen LogP contribution in [-0.2, 0) is 4.79 Å². The molecule has 3 N–H and O–H groups in total. The number of nitrogens with one attached hydrogen (secondary N) is 1. The van der Waals surface area contributed by atoms with Gasteiger partial charge in [-0.2, -0.15) is 0 Å². The van der Waals surface area contributed by atoms with Gasteiger partial charge in [-0.15, -0.1) is 11.3 Å². The Morgan fingerprint density at radius 1 is 1.55 bits per heavy atom. The van der Waals surface area contributed by atoms with Crippen molar-refractivity contribution in [3.8, 4) is 0 Å². The molecule has 0 unspecified atom stereocenters. The number of hydrogen-bond acceptors (Lipinski definition) is 7. The molecule has 116 valence electrons. The van der Waals surface area contributed by atoms with E-state index >= 15 is 0 Å². The third-order valence-electron chi connectivity index (χ3n) is 3.61. The van der Waals surface area contributed by atoms with Crippen LogP contribution in [0.4, 0.5) is 10.9 Å². The van der Waals surface area contributed by atoms with Gasteiger partial charge in [0.2, 0.25) is 5.91 Å². The Hall–Kier alpha value is -2.06. The molecule has 0 spiro atoms. The van der Waals surface area contributed by atoms with Crippen LogP contribution < -0.4 is 11.1 Å².